The third kappa shape index (κ3) is 3.94. The van der Waals surface area contributed by atoms with Crippen molar-refractivity contribution in [3.63, 3.8) is 0 Å². The van der Waals surface area contributed by atoms with Crippen LogP contribution in [-0.2, 0) is 17.5 Å². The summed E-state index contributed by atoms with van der Waals surface area (Å²) in [4.78, 5) is 0. The predicted molar refractivity (Wildman–Crippen MR) is 85.5 cm³/mol. The highest BCUT2D eigenvalue weighted by Gasteiger charge is 2.37. The van der Waals surface area contributed by atoms with Crippen LogP contribution >= 0.6 is 15.9 Å². The number of halogens is 1. The van der Waals surface area contributed by atoms with E-state index in [1.807, 2.05) is 0 Å². The minimum absolute atomic E-state index is 0.273. The summed E-state index contributed by atoms with van der Waals surface area (Å²) >= 11 is 3.53. The number of aryl methyl sites for hydroxylation is 1. The van der Waals surface area contributed by atoms with Crippen LogP contribution in [0.3, 0.4) is 0 Å². The highest BCUT2D eigenvalue weighted by atomic mass is 79.9. The first kappa shape index (κ1) is 15.9. The topological polar surface area (TPSA) is 9.23 Å². The summed E-state index contributed by atoms with van der Waals surface area (Å²) in [6.07, 6.45) is 1.05. The molecule has 3 heteroatoms. The molecule has 0 N–H and O–H groups in total. The fraction of sp³-hybridized carbons (Fsp3) is 0.600. The maximum absolute atomic E-state index is 6.29. The zero-order valence-corrected chi connectivity index (χ0v) is 15.0. The van der Waals surface area contributed by atoms with Crippen LogP contribution in [0.4, 0.5) is 0 Å². The van der Waals surface area contributed by atoms with E-state index in [9.17, 15) is 0 Å². The first-order valence-corrected chi connectivity index (χ1v) is 10.3. The summed E-state index contributed by atoms with van der Waals surface area (Å²) in [6, 6.07) is 6.48. The summed E-state index contributed by atoms with van der Waals surface area (Å²) in [7, 11) is -1.65. The molecule has 0 amide bonds. The molecular formula is C15H25BrOSi. The Morgan fingerprint density at radius 3 is 2.28 bits per heavy atom. The van der Waals surface area contributed by atoms with Gasteiger partial charge in [-0.25, -0.2) is 0 Å². The van der Waals surface area contributed by atoms with Crippen molar-refractivity contribution < 1.29 is 4.43 Å². The van der Waals surface area contributed by atoms with E-state index in [0.717, 1.165) is 17.5 Å². The van der Waals surface area contributed by atoms with E-state index in [1.54, 1.807) is 0 Å². The second-order valence-corrected chi connectivity index (χ2v) is 12.0. The Balaban J connectivity index is 2.81. The lowest BCUT2D eigenvalue weighted by molar-refractivity contribution is 0.275. The van der Waals surface area contributed by atoms with Gasteiger partial charge in [0, 0.05) is 4.47 Å². The third-order valence-corrected chi connectivity index (χ3v) is 8.92. The van der Waals surface area contributed by atoms with E-state index in [2.05, 4.69) is 74.9 Å². The van der Waals surface area contributed by atoms with Crippen LogP contribution in [0.25, 0.3) is 0 Å². The van der Waals surface area contributed by atoms with Crippen LogP contribution in [0, 0.1) is 0 Å². The smallest absolute Gasteiger partial charge is 0.192 e. The van der Waals surface area contributed by atoms with Gasteiger partial charge < -0.3 is 4.43 Å². The Kier molecular flexibility index (Phi) is 5.21. The predicted octanol–water partition coefficient (Wildman–Crippen LogP) is 5.53. The van der Waals surface area contributed by atoms with E-state index >= 15 is 0 Å². The van der Waals surface area contributed by atoms with Crippen LogP contribution in [-0.4, -0.2) is 8.32 Å². The second-order valence-electron chi connectivity index (χ2n) is 6.32. The van der Waals surface area contributed by atoms with E-state index < -0.39 is 8.32 Å². The van der Waals surface area contributed by atoms with Crippen molar-refractivity contribution in [3.8, 4) is 0 Å². The van der Waals surface area contributed by atoms with Crippen LogP contribution < -0.4 is 0 Å². The molecule has 0 unspecified atom stereocenters. The molecule has 0 aliphatic carbocycles. The summed E-state index contributed by atoms with van der Waals surface area (Å²) in [5, 5.41) is 0.273. The van der Waals surface area contributed by atoms with Gasteiger partial charge in [-0.1, -0.05) is 49.7 Å². The number of hydrogen-bond donors (Lipinski definition) is 0. The molecule has 0 aromatic heterocycles. The Morgan fingerprint density at radius 2 is 1.78 bits per heavy atom. The largest absolute Gasteiger partial charge is 0.413 e. The molecule has 1 nitrogen and oxygen atoms in total. The quantitative estimate of drug-likeness (QED) is 0.660. The minimum Gasteiger partial charge on any atom is -0.413 e. The minimum atomic E-state index is -1.65. The lowest BCUT2D eigenvalue weighted by Crippen LogP contribution is -2.40. The van der Waals surface area contributed by atoms with Crippen molar-refractivity contribution in [2.75, 3.05) is 0 Å². The first-order valence-electron chi connectivity index (χ1n) is 6.58. The lowest BCUT2D eigenvalue weighted by Gasteiger charge is -2.36. The Morgan fingerprint density at radius 1 is 1.17 bits per heavy atom. The van der Waals surface area contributed by atoms with Crippen LogP contribution in [0.15, 0.2) is 22.7 Å². The summed E-state index contributed by atoms with van der Waals surface area (Å²) < 4.78 is 7.43. The molecule has 0 radical (unpaired) electrons. The molecule has 102 valence electrons. The fourth-order valence-electron chi connectivity index (χ4n) is 1.54. The summed E-state index contributed by atoms with van der Waals surface area (Å²) in [5.74, 6) is 0. The molecule has 0 heterocycles. The van der Waals surface area contributed by atoms with Gasteiger partial charge in [-0.15, -0.1) is 0 Å². The van der Waals surface area contributed by atoms with Gasteiger partial charge in [-0.2, -0.15) is 0 Å². The normalized spacial score (nSPS) is 12.8. The van der Waals surface area contributed by atoms with Crippen LogP contribution in [0.5, 0.6) is 0 Å². The molecule has 1 aromatic rings. The van der Waals surface area contributed by atoms with Crippen molar-refractivity contribution in [1.29, 1.82) is 0 Å². The van der Waals surface area contributed by atoms with Gasteiger partial charge in [0.2, 0.25) is 0 Å². The average Bonchev–Trinajstić information content (AvgIpc) is 2.25. The van der Waals surface area contributed by atoms with Gasteiger partial charge in [0.05, 0.1) is 6.61 Å². The van der Waals surface area contributed by atoms with Gasteiger partial charge in [0.15, 0.2) is 8.32 Å². The Bertz CT molecular complexity index is 407. The zero-order chi connectivity index (χ0) is 14.0. The van der Waals surface area contributed by atoms with E-state index in [1.165, 1.54) is 11.1 Å². The van der Waals surface area contributed by atoms with E-state index in [4.69, 9.17) is 4.43 Å². The van der Waals surface area contributed by atoms with Crippen molar-refractivity contribution in [2.24, 2.45) is 0 Å². The molecule has 0 bridgehead atoms. The standard InChI is InChI=1S/C15H25BrOSi/c1-7-12-10-14(16)9-8-13(12)11-17-18(5,6)15(2,3)4/h8-10H,7,11H2,1-6H3. The molecule has 1 aromatic carbocycles. The third-order valence-electron chi connectivity index (χ3n) is 3.94. The molecule has 1 rings (SSSR count). The number of rotatable bonds is 4. The van der Waals surface area contributed by atoms with Crippen molar-refractivity contribution in [3.05, 3.63) is 33.8 Å². The summed E-state index contributed by atoms with van der Waals surface area (Å²) in [5.41, 5.74) is 2.70. The van der Waals surface area contributed by atoms with Crippen LogP contribution in [0.1, 0.15) is 38.8 Å². The average molecular weight is 329 g/mol. The monoisotopic (exact) mass is 328 g/mol. The molecule has 0 spiro atoms. The van der Waals surface area contributed by atoms with Crippen molar-refractivity contribution in [2.45, 2.75) is 58.9 Å². The second kappa shape index (κ2) is 5.89. The van der Waals surface area contributed by atoms with Gasteiger partial charge >= 0.3 is 0 Å². The highest BCUT2D eigenvalue weighted by Crippen LogP contribution is 2.37. The maximum Gasteiger partial charge on any atom is 0.192 e. The fourth-order valence-corrected chi connectivity index (χ4v) is 2.90. The van der Waals surface area contributed by atoms with Gasteiger partial charge in [-0.3, -0.25) is 0 Å². The summed E-state index contributed by atoms with van der Waals surface area (Å²) in [6.45, 7) is 14.4. The first-order chi connectivity index (χ1) is 8.17. The van der Waals surface area contributed by atoms with Gasteiger partial charge in [0.25, 0.3) is 0 Å². The van der Waals surface area contributed by atoms with Gasteiger partial charge in [0.1, 0.15) is 0 Å². The lowest BCUT2D eigenvalue weighted by atomic mass is 10.1. The molecule has 0 saturated heterocycles. The van der Waals surface area contributed by atoms with Gasteiger partial charge in [-0.05, 0) is 47.8 Å². The van der Waals surface area contributed by atoms with Crippen molar-refractivity contribution in [1.82, 2.24) is 0 Å². The zero-order valence-electron chi connectivity index (χ0n) is 12.4. The molecular weight excluding hydrogens is 304 g/mol. The molecule has 0 aliphatic rings. The molecule has 18 heavy (non-hydrogen) atoms. The molecule has 0 atom stereocenters. The highest BCUT2D eigenvalue weighted by molar-refractivity contribution is 9.10. The van der Waals surface area contributed by atoms with Crippen LogP contribution in [0.2, 0.25) is 18.1 Å². The molecule has 0 aliphatic heterocycles. The number of benzene rings is 1. The van der Waals surface area contributed by atoms with Crippen molar-refractivity contribution >= 4 is 24.2 Å². The maximum atomic E-state index is 6.29. The van der Waals surface area contributed by atoms with E-state index in [0.29, 0.717) is 0 Å². The Hall–Kier alpha value is -0.123. The SMILES string of the molecule is CCc1cc(Br)ccc1CO[Si](C)(C)C(C)(C)C. The molecule has 0 saturated carbocycles. The molecule has 0 fully saturated rings. The van der Waals surface area contributed by atoms with E-state index in [-0.39, 0.29) is 5.04 Å². The Labute approximate surface area is 121 Å². The number of hydrogen-bond acceptors (Lipinski definition) is 1.